The second-order valence-corrected chi connectivity index (χ2v) is 4.22. The van der Waals surface area contributed by atoms with Crippen LogP contribution in [0.3, 0.4) is 0 Å². The molecule has 18 heavy (non-hydrogen) atoms. The average molecular weight is 248 g/mol. The molecule has 0 aliphatic carbocycles. The van der Waals surface area contributed by atoms with Gasteiger partial charge in [-0.05, 0) is 13.0 Å². The molecule has 0 bridgehead atoms. The molecule has 2 amide bonds. The monoisotopic (exact) mass is 248 g/mol. The molecule has 0 aromatic heterocycles. The number of ether oxygens (including phenoxy) is 1. The van der Waals surface area contributed by atoms with E-state index in [9.17, 15) is 9.59 Å². The highest BCUT2D eigenvalue weighted by Gasteiger charge is 2.32. The fourth-order valence-electron chi connectivity index (χ4n) is 2.10. The molecule has 96 valence electrons. The SMILES string of the molecule is COCc1ccccc1N1C(=O)CNC(=O)C1C. The molecule has 1 aromatic rings. The summed E-state index contributed by atoms with van der Waals surface area (Å²) in [6.07, 6.45) is 0. The van der Waals surface area contributed by atoms with Crippen LogP contribution in [0.2, 0.25) is 0 Å². The van der Waals surface area contributed by atoms with Gasteiger partial charge in [0.2, 0.25) is 11.8 Å². The van der Waals surface area contributed by atoms with Crippen LogP contribution in [-0.4, -0.2) is 31.5 Å². The van der Waals surface area contributed by atoms with Crippen molar-refractivity contribution in [2.45, 2.75) is 19.6 Å². The highest BCUT2D eigenvalue weighted by molar-refractivity contribution is 6.06. The van der Waals surface area contributed by atoms with Gasteiger partial charge in [-0.15, -0.1) is 0 Å². The molecule has 1 heterocycles. The molecule has 1 atom stereocenters. The Morgan fingerprint density at radius 1 is 1.39 bits per heavy atom. The first-order chi connectivity index (χ1) is 8.65. The van der Waals surface area contributed by atoms with Crippen molar-refractivity contribution in [2.24, 2.45) is 0 Å². The minimum absolute atomic E-state index is 0.0461. The minimum atomic E-state index is -0.496. The zero-order chi connectivity index (χ0) is 13.1. The van der Waals surface area contributed by atoms with Gasteiger partial charge < -0.3 is 10.1 Å². The van der Waals surface area contributed by atoms with Crippen molar-refractivity contribution in [3.8, 4) is 0 Å². The molecule has 1 aliphatic heterocycles. The second kappa shape index (κ2) is 5.18. The van der Waals surface area contributed by atoms with E-state index in [1.165, 1.54) is 4.90 Å². The van der Waals surface area contributed by atoms with E-state index in [1.807, 2.05) is 24.3 Å². The van der Waals surface area contributed by atoms with Gasteiger partial charge in [-0.3, -0.25) is 14.5 Å². The molecule has 5 heteroatoms. The van der Waals surface area contributed by atoms with E-state index in [2.05, 4.69) is 5.32 Å². The first kappa shape index (κ1) is 12.6. The van der Waals surface area contributed by atoms with Crippen molar-refractivity contribution < 1.29 is 14.3 Å². The summed E-state index contributed by atoms with van der Waals surface area (Å²) in [7, 11) is 1.60. The van der Waals surface area contributed by atoms with E-state index < -0.39 is 6.04 Å². The summed E-state index contributed by atoms with van der Waals surface area (Å²) in [5.41, 5.74) is 1.64. The standard InChI is InChI=1S/C13H16N2O3/c1-9-13(17)14-7-12(16)15(9)11-6-4-3-5-10(11)8-18-2/h3-6,9H,7-8H2,1-2H3,(H,14,17). The average Bonchev–Trinajstić information content (AvgIpc) is 2.37. The third-order valence-electron chi connectivity index (χ3n) is 3.00. The van der Waals surface area contributed by atoms with Crippen molar-refractivity contribution in [1.82, 2.24) is 5.32 Å². The Morgan fingerprint density at radius 3 is 2.83 bits per heavy atom. The van der Waals surface area contributed by atoms with Crippen molar-refractivity contribution in [1.29, 1.82) is 0 Å². The summed E-state index contributed by atoms with van der Waals surface area (Å²) >= 11 is 0. The number of methoxy groups -OCH3 is 1. The first-order valence-corrected chi connectivity index (χ1v) is 5.81. The molecular weight excluding hydrogens is 232 g/mol. The summed E-state index contributed by atoms with van der Waals surface area (Å²) in [5.74, 6) is -0.243. The number of hydrogen-bond donors (Lipinski definition) is 1. The van der Waals surface area contributed by atoms with Crippen molar-refractivity contribution in [2.75, 3.05) is 18.6 Å². The van der Waals surface area contributed by atoms with Crippen LogP contribution in [0, 0.1) is 0 Å². The largest absolute Gasteiger partial charge is 0.380 e. The highest BCUT2D eigenvalue weighted by atomic mass is 16.5. The molecule has 1 N–H and O–H groups in total. The lowest BCUT2D eigenvalue weighted by molar-refractivity contribution is -0.130. The van der Waals surface area contributed by atoms with Crippen LogP contribution < -0.4 is 10.2 Å². The van der Waals surface area contributed by atoms with Gasteiger partial charge in [-0.2, -0.15) is 0 Å². The van der Waals surface area contributed by atoms with Crippen molar-refractivity contribution in [3.63, 3.8) is 0 Å². The molecule has 0 radical (unpaired) electrons. The van der Waals surface area contributed by atoms with Gasteiger partial charge in [0, 0.05) is 12.7 Å². The van der Waals surface area contributed by atoms with E-state index in [0.717, 1.165) is 11.3 Å². The number of nitrogens with one attached hydrogen (secondary N) is 1. The Bertz CT molecular complexity index is 473. The quantitative estimate of drug-likeness (QED) is 0.856. The number of anilines is 1. The van der Waals surface area contributed by atoms with E-state index in [1.54, 1.807) is 14.0 Å². The summed E-state index contributed by atoms with van der Waals surface area (Å²) in [6.45, 7) is 2.18. The predicted octanol–water partition coefficient (Wildman–Crippen LogP) is 0.684. The topological polar surface area (TPSA) is 58.6 Å². The van der Waals surface area contributed by atoms with Crippen LogP contribution in [0.1, 0.15) is 12.5 Å². The van der Waals surface area contributed by atoms with E-state index >= 15 is 0 Å². The molecule has 5 nitrogen and oxygen atoms in total. The molecule has 1 saturated heterocycles. The van der Waals surface area contributed by atoms with Crippen LogP contribution in [-0.2, 0) is 20.9 Å². The second-order valence-electron chi connectivity index (χ2n) is 4.22. The Balaban J connectivity index is 2.39. The molecule has 2 rings (SSSR count). The van der Waals surface area contributed by atoms with Gasteiger partial charge >= 0.3 is 0 Å². The van der Waals surface area contributed by atoms with E-state index in [4.69, 9.17) is 4.74 Å². The van der Waals surface area contributed by atoms with Gasteiger partial charge in [0.05, 0.1) is 18.8 Å². The van der Waals surface area contributed by atoms with Crippen LogP contribution in [0.15, 0.2) is 24.3 Å². The molecule has 1 aromatic carbocycles. The summed E-state index contributed by atoms with van der Waals surface area (Å²) in [6, 6.07) is 6.97. The van der Waals surface area contributed by atoms with E-state index in [-0.39, 0.29) is 18.4 Å². The Kier molecular flexibility index (Phi) is 3.62. The van der Waals surface area contributed by atoms with Crippen LogP contribution in [0.25, 0.3) is 0 Å². The van der Waals surface area contributed by atoms with Gasteiger partial charge in [0.1, 0.15) is 6.04 Å². The maximum Gasteiger partial charge on any atom is 0.247 e. The van der Waals surface area contributed by atoms with Crippen molar-refractivity contribution >= 4 is 17.5 Å². The number of benzene rings is 1. The normalized spacial score (nSPS) is 19.9. The lowest BCUT2D eigenvalue weighted by atomic mass is 10.1. The maximum absolute atomic E-state index is 12.0. The van der Waals surface area contributed by atoms with Crippen LogP contribution in [0.5, 0.6) is 0 Å². The van der Waals surface area contributed by atoms with Crippen molar-refractivity contribution in [3.05, 3.63) is 29.8 Å². The zero-order valence-electron chi connectivity index (χ0n) is 10.5. The molecule has 1 unspecified atom stereocenters. The summed E-state index contributed by atoms with van der Waals surface area (Å²) in [5, 5.41) is 2.57. The third kappa shape index (κ3) is 2.22. The van der Waals surface area contributed by atoms with Crippen LogP contribution in [0.4, 0.5) is 5.69 Å². The van der Waals surface area contributed by atoms with Gasteiger partial charge in [-0.25, -0.2) is 0 Å². The molecule has 0 saturated carbocycles. The third-order valence-corrected chi connectivity index (χ3v) is 3.00. The Morgan fingerprint density at radius 2 is 2.11 bits per heavy atom. The predicted molar refractivity (Wildman–Crippen MR) is 67.1 cm³/mol. The Labute approximate surface area is 106 Å². The molecule has 0 spiro atoms. The van der Waals surface area contributed by atoms with Gasteiger partial charge in [0.25, 0.3) is 0 Å². The van der Waals surface area contributed by atoms with E-state index in [0.29, 0.717) is 6.61 Å². The maximum atomic E-state index is 12.0. The fourth-order valence-corrected chi connectivity index (χ4v) is 2.10. The number of rotatable bonds is 3. The number of piperazine rings is 1. The smallest absolute Gasteiger partial charge is 0.247 e. The minimum Gasteiger partial charge on any atom is -0.380 e. The number of para-hydroxylation sites is 1. The number of nitrogens with zero attached hydrogens (tertiary/aromatic N) is 1. The number of amides is 2. The molecule has 1 aliphatic rings. The number of carbonyl (C=O) groups excluding carboxylic acids is 2. The Hall–Kier alpha value is -1.88. The van der Waals surface area contributed by atoms with Gasteiger partial charge in [-0.1, -0.05) is 18.2 Å². The fraction of sp³-hybridized carbons (Fsp3) is 0.385. The molecule has 1 fully saturated rings. The number of carbonyl (C=O) groups is 2. The number of hydrogen-bond acceptors (Lipinski definition) is 3. The van der Waals surface area contributed by atoms with Crippen LogP contribution >= 0.6 is 0 Å². The highest BCUT2D eigenvalue weighted by Crippen LogP contribution is 2.24. The summed E-state index contributed by atoms with van der Waals surface area (Å²) in [4.78, 5) is 25.2. The summed E-state index contributed by atoms with van der Waals surface area (Å²) < 4.78 is 5.12. The van der Waals surface area contributed by atoms with Gasteiger partial charge in [0.15, 0.2) is 0 Å². The lowest BCUT2D eigenvalue weighted by Crippen LogP contribution is -2.57. The zero-order valence-corrected chi connectivity index (χ0v) is 10.5. The first-order valence-electron chi connectivity index (χ1n) is 5.81. The lowest BCUT2D eigenvalue weighted by Gasteiger charge is -2.33. The molecular formula is C13H16N2O3.